The Labute approximate surface area is 79.7 Å². The van der Waals surface area contributed by atoms with Gasteiger partial charge in [0.05, 0.1) is 0 Å². The van der Waals surface area contributed by atoms with Crippen molar-refractivity contribution < 1.29 is 21.2 Å². The van der Waals surface area contributed by atoms with Crippen LogP contribution in [0.15, 0.2) is 12.2 Å². The molecule has 0 saturated heterocycles. The fraction of sp³-hybridized carbons (Fsp3) is 0.750. The quantitative estimate of drug-likeness (QED) is 0.255. The topological polar surface area (TPSA) is 52.0 Å². The molecule has 0 aromatic carbocycles. The molecule has 0 aliphatic heterocycles. The Kier molecular flexibility index (Phi) is 5.29. The molecule has 0 unspecified atom stereocenters. The first-order chi connectivity index (χ1) is 5.04. The fourth-order valence-corrected chi connectivity index (χ4v) is 2.67. The Morgan fingerprint density at radius 3 is 2.36 bits per heavy atom. The molecule has 0 amide bonds. The van der Waals surface area contributed by atoms with E-state index in [0.717, 1.165) is 11.0 Å². The molecule has 68 valence electrons. The molecule has 0 spiro atoms. The first kappa shape index (κ1) is 11.4. The molecule has 0 bridgehead atoms. The van der Waals surface area contributed by atoms with Gasteiger partial charge in [-0.3, -0.25) is 0 Å². The zero-order chi connectivity index (χ0) is 8.91. The van der Waals surface area contributed by atoms with Crippen LogP contribution in [0, 0.1) is 0 Å². The van der Waals surface area contributed by atoms with E-state index in [1.54, 1.807) is 0 Å². The van der Waals surface area contributed by atoms with Crippen molar-refractivity contribution in [2.75, 3.05) is 11.1 Å². The zero-order valence-electron chi connectivity index (χ0n) is 7.36. The van der Waals surface area contributed by atoms with Gasteiger partial charge < -0.3 is 0 Å². The Morgan fingerprint density at radius 1 is 1.45 bits per heavy atom. The molecule has 0 aliphatic rings. The third-order valence-electron chi connectivity index (χ3n) is 1.70. The molecular formula is C8H18IN2-. The van der Waals surface area contributed by atoms with Gasteiger partial charge in [0, 0.05) is 0 Å². The predicted molar refractivity (Wildman–Crippen MR) is 45.9 cm³/mol. The van der Waals surface area contributed by atoms with Crippen LogP contribution in [0.2, 0.25) is 0 Å². The number of hydrogen-bond acceptors (Lipinski definition) is 2. The van der Waals surface area contributed by atoms with Gasteiger partial charge in [-0.05, 0) is 0 Å². The summed E-state index contributed by atoms with van der Waals surface area (Å²) in [5, 5.41) is 0. The Morgan fingerprint density at radius 2 is 2.00 bits per heavy atom. The van der Waals surface area contributed by atoms with Crippen LogP contribution in [0.4, 0.5) is 0 Å². The predicted octanol–water partition coefficient (Wildman–Crippen LogP) is -2.32. The normalized spacial score (nSPS) is 12.0. The van der Waals surface area contributed by atoms with Gasteiger partial charge in [0.2, 0.25) is 0 Å². The van der Waals surface area contributed by atoms with Crippen molar-refractivity contribution in [2.24, 2.45) is 11.5 Å². The monoisotopic (exact) mass is 269 g/mol. The van der Waals surface area contributed by atoms with Crippen molar-refractivity contribution in [3.05, 3.63) is 12.2 Å². The average Bonchev–Trinajstić information content (AvgIpc) is 1.88. The molecule has 0 atom stereocenters. The summed E-state index contributed by atoms with van der Waals surface area (Å²) in [6.45, 7) is 9.16. The van der Waals surface area contributed by atoms with E-state index < -0.39 is 0 Å². The third-order valence-corrected chi connectivity index (χ3v) is 4.81. The number of rotatable bonds is 5. The van der Waals surface area contributed by atoms with Gasteiger partial charge in [-0.1, -0.05) is 0 Å². The van der Waals surface area contributed by atoms with E-state index in [4.69, 9.17) is 11.5 Å². The maximum atomic E-state index is 5.53. The van der Waals surface area contributed by atoms with E-state index in [0.29, 0.717) is 6.54 Å². The van der Waals surface area contributed by atoms with Crippen molar-refractivity contribution in [3.8, 4) is 0 Å². The second-order valence-corrected chi connectivity index (χ2v) is 7.24. The van der Waals surface area contributed by atoms with E-state index in [9.17, 15) is 0 Å². The standard InChI is InChI=1S/C8H18IN2/c1-7(4-5-10)8(2,3)9-6-11/h1,4-6,10-11H2,2-3H3/q-1. The van der Waals surface area contributed by atoms with E-state index in [1.807, 2.05) is 0 Å². The average molecular weight is 269 g/mol. The molecule has 2 nitrogen and oxygen atoms in total. The van der Waals surface area contributed by atoms with Crippen molar-refractivity contribution >= 4 is 0 Å². The Bertz CT molecular complexity index is 132. The summed E-state index contributed by atoms with van der Waals surface area (Å²) < 4.78 is 1.10. The van der Waals surface area contributed by atoms with Gasteiger partial charge in [0.25, 0.3) is 0 Å². The van der Waals surface area contributed by atoms with E-state index in [1.165, 1.54) is 5.57 Å². The molecule has 11 heavy (non-hydrogen) atoms. The maximum absolute atomic E-state index is 5.53. The Hall–Kier alpha value is 0.390. The van der Waals surface area contributed by atoms with Crippen LogP contribution >= 0.6 is 0 Å². The van der Waals surface area contributed by atoms with Crippen LogP contribution in [-0.4, -0.2) is 14.5 Å². The molecule has 0 aromatic heterocycles. The summed E-state index contributed by atoms with van der Waals surface area (Å²) in [7, 11) is 0. The van der Waals surface area contributed by atoms with Crippen molar-refractivity contribution in [3.63, 3.8) is 0 Å². The minimum atomic E-state index is 0.0515. The number of alkyl halides is 2. The molecular weight excluding hydrogens is 251 g/mol. The summed E-state index contributed by atoms with van der Waals surface area (Å²) in [5.41, 5.74) is 12.2. The van der Waals surface area contributed by atoms with Crippen molar-refractivity contribution in [2.45, 2.75) is 23.7 Å². The van der Waals surface area contributed by atoms with Crippen LogP contribution in [0.5, 0.6) is 0 Å². The van der Waals surface area contributed by atoms with Crippen LogP contribution in [0.3, 0.4) is 0 Å². The fourth-order valence-electron chi connectivity index (χ4n) is 0.759. The summed E-state index contributed by atoms with van der Waals surface area (Å²) in [6.07, 6.45) is 0.937. The summed E-state index contributed by atoms with van der Waals surface area (Å²) >= 11 is 0.0515. The summed E-state index contributed by atoms with van der Waals surface area (Å²) in [4.78, 5) is 0. The van der Waals surface area contributed by atoms with Gasteiger partial charge in [-0.15, -0.1) is 0 Å². The number of nitrogens with two attached hydrogens (primary N) is 2. The van der Waals surface area contributed by atoms with E-state index >= 15 is 0 Å². The molecule has 0 radical (unpaired) electrons. The molecule has 0 heterocycles. The first-order valence-electron chi connectivity index (χ1n) is 3.73. The molecule has 0 aromatic rings. The van der Waals surface area contributed by atoms with Gasteiger partial charge >= 0.3 is 79.6 Å². The van der Waals surface area contributed by atoms with Crippen LogP contribution in [0.1, 0.15) is 20.3 Å². The molecule has 3 heteroatoms. The van der Waals surface area contributed by atoms with E-state index in [-0.39, 0.29) is 24.6 Å². The van der Waals surface area contributed by atoms with Crippen molar-refractivity contribution in [1.29, 1.82) is 0 Å². The summed E-state index contributed by atoms with van der Waals surface area (Å²) in [5.74, 6) is 0. The minimum absolute atomic E-state index is 0.0515. The SMILES string of the molecule is C=C(CCN)C(C)(C)[I-]CN. The molecule has 0 aliphatic carbocycles. The van der Waals surface area contributed by atoms with Crippen LogP contribution < -0.4 is 32.7 Å². The first-order valence-corrected chi connectivity index (χ1v) is 6.33. The van der Waals surface area contributed by atoms with Gasteiger partial charge in [-0.25, -0.2) is 0 Å². The van der Waals surface area contributed by atoms with Crippen LogP contribution in [0.25, 0.3) is 0 Å². The molecule has 4 N–H and O–H groups in total. The zero-order valence-corrected chi connectivity index (χ0v) is 9.52. The van der Waals surface area contributed by atoms with Gasteiger partial charge in [0.15, 0.2) is 0 Å². The Balaban J connectivity index is 3.94. The van der Waals surface area contributed by atoms with Crippen molar-refractivity contribution in [1.82, 2.24) is 0 Å². The summed E-state index contributed by atoms with van der Waals surface area (Å²) in [6, 6.07) is 0. The number of hydrogen-bond donors (Lipinski definition) is 2. The molecule has 0 fully saturated rings. The number of halogens is 1. The van der Waals surface area contributed by atoms with Crippen LogP contribution in [-0.2, 0) is 0 Å². The second-order valence-electron chi connectivity index (χ2n) is 2.90. The second kappa shape index (κ2) is 5.11. The molecule has 0 rings (SSSR count). The molecule has 0 saturated carbocycles. The van der Waals surface area contributed by atoms with Gasteiger partial charge in [0.1, 0.15) is 0 Å². The van der Waals surface area contributed by atoms with Gasteiger partial charge in [-0.2, -0.15) is 0 Å². The third kappa shape index (κ3) is 4.08. The van der Waals surface area contributed by atoms with E-state index in [2.05, 4.69) is 20.4 Å².